The number of carboxylic acid groups (broad SMARTS) is 1. The summed E-state index contributed by atoms with van der Waals surface area (Å²) in [5.74, 6) is -1.11. The second-order valence-electron chi connectivity index (χ2n) is 3.60. The van der Waals surface area contributed by atoms with Gasteiger partial charge in [-0.3, -0.25) is 4.79 Å². The zero-order valence-electron chi connectivity index (χ0n) is 9.54. The first kappa shape index (κ1) is 14.6. The summed E-state index contributed by atoms with van der Waals surface area (Å²) in [4.78, 5) is 21.9. The van der Waals surface area contributed by atoms with Crippen molar-refractivity contribution in [3.63, 3.8) is 0 Å². The molecule has 0 spiro atoms. The van der Waals surface area contributed by atoms with Gasteiger partial charge in [0.2, 0.25) is 0 Å². The third-order valence-electron chi connectivity index (χ3n) is 2.19. The van der Waals surface area contributed by atoms with Crippen LogP contribution in [0.15, 0.2) is 18.2 Å². The van der Waals surface area contributed by atoms with Gasteiger partial charge in [0.1, 0.15) is 6.04 Å². The molecular weight excluding hydrogens is 279 g/mol. The van der Waals surface area contributed by atoms with Gasteiger partial charge in [-0.2, -0.15) is 0 Å². The molecule has 0 fully saturated rings. The molecule has 1 rings (SSSR count). The van der Waals surface area contributed by atoms with E-state index in [2.05, 4.69) is 10.6 Å². The fraction of sp³-hybridized carbons (Fsp3) is 0.273. The summed E-state index contributed by atoms with van der Waals surface area (Å²) in [6.07, 6.45) is 0. The van der Waals surface area contributed by atoms with Crippen LogP contribution in [0.4, 0.5) is 4.79 Å². The molecule has 0 aliphatic rings. The molecule has 0 saturated carbocycles. The molecule has 98 valence electrons. The summed E-state index contributed by atoms with van der Waals surface area (Å²) in [5.41, 5.74) is 0.655. The Labute approximate surface area is 114 Å². The number of halogens is 2. The third kappa shape index (κ3) is 4.09. The number of hydrogen-bond donors (Lipinski definition) is 3. The molecule has 0 aliphatic heterocycles. The van der Waals surface area contributed by atoms with Gasteiger partial charge in [0.25, 0.3) is 0 Å². The van der Waals surface area contributed by atoms with Gasteiger partial charge in [-0.05, 0) is 18.6 Å². The molecule has 0 aliphatic carbocycles. The molecule has 1 aromatic carbocycles. The summed E-state index contributed by atoms with van der Waals surface area (Å²) in [6.45, 7) is 1.53. The number of carboxylic acids is 1. The van der Waals surface area contributed by atoms with Crippen LogP contribution in [0.25, 0.3) is 0 Å². The second kappa shape index (κ2) is 6.47. The molecule has 1 atom stereocenters. The average molecular weight is 291 g/mol. The van der Waals surface area contributed by atoms with Gasteiger partial charge < -0.3 is 15.7 Å². The van der Waals surface area contributed by atoms with Gasteiger partial charge in [0, 0.05) is 6.54 Å². The summed E-state index contributed by atoms with van der Waals surface area (Å²) in [5, 5.41) is 14.1. The number of amides is 2. The highest BCUT2D eigenvalue weighted by Crippen LogP contribution is 2.25. The number of hydrogen-bond acceptors (Lipinski definition) is 2. The minimum atomic E-state index is -1.11. The first-order chi connectivity index (χ1) is 8.41. The quantitative estimate of drug-likeness (QED) is 0.796. The predicted octanol–water partition coefficient (Wildman–Crippen LogP) is 2.27. The van der Waals surface area contributed by atoms with Crippen LogP contribution in [0.1, 0.15) is 12.5 Å². The fourth-order valence-corrected chi connectivity index (χ4v) is 1.56. The maximum atomic E-state index is 11.4. The first-order valence-corrected chi connectivity index (χ1v) is 5.87. The van der Waals surface area contributed by atoms with Crippen molar-refractivity contribution in [2.45, 2.75) is 19.5 Å². The summed E-state index contributed by atoms with van der Waals surface area (Å²) >= 11 is 11.8. The molecule has 0 aromatic heterocycles. The van der Waals surface area contributed by atoms with Crippen molar-refractivity contribution in [1.29, 1.82) is 0 Å². The molecular formula is C11H12Cl2N2O3. The number of nitrogens with one attached hydrogen (secondary N) is 2. The highest BCUT2D eigenvalue weighted by atomic mass is 35.5. The van der Waals surface area contributed by atoms with Crippen LogP contribution in [-0.4, -0.2) is 23.1 Å². The van der Waals surface area contributed by atoms with E-state index in [9.17, 15) is 9.59 Å². The smallest absolute Gasteiger partial charge is 0.325 e. The normalized spacial score (nSPS) is 11.7. The lowest BCUT2D eigenvalue weighted by Gasteiger charge is -2.11. The zero-order chi connectivity index (χ0) is 13.7. The molecule has 0 heterocycles. The van der Waals surface area contributed by atoms with E-state index in [1.54, 1.807) is 18.2 Å². The molecule has 7 heteroatoms. The molecule has 3 N–H and O–H groups in total. The van der Waals surface area contributed by atoms with E-state index >= 15 is 0 Å². The van der Waals surface area contributed by atoms with E-state index in [-0.39, 0.29) is 6.54 Å². The van der Waals surface area contributed by atoms with E-state index in [0.29, 0.717) is 15.6 Å². The van der Waals surface area contributed by atoms with Gasteiger partial charge in [-0.1, -0.05) is 35.3 Å². The highest BCUT2D eigenvalue weighted by Gasteiger charge is 2.13. The van der Waals surface area contributed by atoms with Crippen molar-refractivity contribution in [2.75, 3.05) is 0 Å². The monoisotopic (exact) mass is 290 g/mol. The van der Waals surface area contributed by atoms with Crippen molar-refractivity contribution in [2.24, 2.45) is 0 Å². The van der Waals surface area contributed by atoms with E-state index in [1.165, 1.54) is 6.92 Å². The minimum absolute atomic E-state index is 0.164. The molecule has 5 nitrogen and oxygen atoms in total. The van der Waals surface area contributed by atoms with Crippen LogP contribution >= 0.6 is 23.2 Å². The molecule has 1 aromatic rings. The molecule has 0 saturated heterocycles. The van der Waals surface area contributed by atoms with Crippen molar-refractivity contribution in [3.05, 3.63) is 33.8 Å². The standard InChI is InChI=1S/C11H12Cl2N2O3/c1-6(10(16)17)15-11(18)14-5-7-3-2-4-8(12)9(7)13/h2-4,6H,5H2,1H3,(H,16,17)(H2,14,15,18). The molecule has 2 amide bonds. The number of urea groups is 1. The van der Waals surface area contributed by atoms with E-state index < -0.39 is 18.0 Å². The Balaban J connectivity index is 2.53. The van der Waals surface area contributed by atoms with Crippen LogP contribution in [0.2, 0.25) is 10.0 Å². The Kier molecular flexibility index (Phi) is 5.25. The number of rotatable bonds is 4. The first-order valence-electron chi connectivity index (χ1n) is 5.12. The third-order valence-corrected chi connectivity index (χ3v) is 3.05. The van der Waals surface area contributed by atoms with Crippen LogP contribution in [0.5, 0.6) is 0 Å². The number of carbonyl (C=O) groups is 2. The van der Waals surface area contributed by atoms with Gasteiger partial charge in [0.15, 0.2) is 0 Å². The lowest BCUT2D eigenvalue weighted by Crippen LogP contribution is -2.44. The summed E-state index contributed by atoms with van der Waals surface area (Å²) < 4.78 is 0. The Morgan fingerprint density at radius 3 is 2.67 bits per heavy atom. The summed E-state index contributed by atoms with van der Waals surface area (Å²) in [7, 11) is 0. The van der Waals surface area contributed by atoms with Crippen LogP contribution in [0, 0.1) is 0 Å². The van der Waals surface area contributed by atoms with Crippen molar-refractivity contribution in [1.82, 2.24) is 10.6 Å². The minimum Gasteiger partial charge on any atom is -0.480 e. The van der Waals surface area contributed by atoms with Crippen LogP contribution < -0.4 is 10.6 Å². The maximum absolute atomic E-state index is 11.4. The molecule has 0 radical (unpaired) electrons. The van der Waals surface area contributed by atoms with E-state index in [1.807, 2.05) is 0 Å². The Morgan fingerprint density at radius 1 is 1.39 bits per heavy atom. The lowest BCUT2D eigenvalue weighted by molar-refractivity contribution is -0.138. The van der Waals surface area contributed by atoms with Crippen molar-refractivity contribution >= 4 is 35.2 Å². The number of benzene rings is 1. The fourth-order valence-electron chi connectivity index (χ4n) is 1.17. The highest BCUT2D eigenvalue weighted by molar-refractivity contribution is 6.42. The predicted molar refractivity (Wildman–Crippen MR) is 68.9 cm³/mol. The number of carbonyl (C=O) groups excluding carboxylic acids is 1. The largest absolute Gasteiger partial charge is 0.480 e. The number of aliphatic carboxylic acids is 1. The van der Waals surface area contributed by atoms with Crippen molar-refractivity contribution < 1.29 is 14.7 Å². The van der Waals surface area contributed by atoms with Gasteiger partial charge in [-0.15, -0.1) is 0 Å². The van der Waals surface area contributed by atoms with Gasteiger partial charge in [0.05, 0.1) is 10.0 Å². The second-order valence-corrected chi connectivity index (χ2v) is 4.39. The molecule has 1 unspecified atom stereocenters. The Morgan fingerprint density at radius 2 is 2.06 bits per heavy atom. The Bertz CT molecular complexity index is 466. The van der Waals surface area contributed by atoms with Crippen LogP contribution in [0.3, 0.4) is 0 Å². The van der Waals surface area contributed by atoms with E-state index in [0.717, 1.165) is 0 Å². The van der Waals surface area contributed by atoms with E-state index in [4.69, 9.17) is 28.3 Å². The summed E-state index contributed by atoms with van der Waals surface area (Å²) in [6, 6.07) is 3.53. The maximum Gasteiger partial charge on any atom is 0.325 e. The lowest BCUT2D eigenvalue weighted by atomic mass is 10.2. The molecule has 18 heavy (non-hydrogen) atoms. The average Bonchev–Trinajstić information content (AvgIpc) is 2.31. The molecule has 0 bridgehead atoms. The SMILES string of the molecule is CC(NC(=O)NCc1cccc(Cl)c1Cl)C(=O)O. The van der Waals surface area contributed by atoms with Gasteiger partial charge in [-0.25, -0.2) is 4.79 Å². The van der Waals surface area contributed by atoms with Crippen molar-refractivity contribution in [3.8, 4) is 0 Å². The van der Waals surface area contributed by atoms with Crippen LogP contribution in [-0.2, 0) is 11.3 Å². The zero-order valence-corrected chi connectivity index (χ0v) is 11.0. The Hall–Kier alpha value is -1.46. The topological polar surface area (TPSA) is 78.4 Å². The van der Waals surface area contributed by atoms with Gasteiger partial charge >= 0.3 is 12.0 Å².